The van der Waals surface area contributed by atoms with Crippen molar-refractivity contribution in [3.8, 4) is 0 Å². The highest BCUT2D eigenvalue weighted by Gasteiger charge is 2.36. The summed E-state index contributed by atoms with van der Waals surface area (Å²) in [4.78, 5) is 26.6. The Bertz CT molecular complexity index is 810. The molecule has 1 aromatic heterocycles. The third-order valence-electron chi connectivity index (χ3n) is 4.00. The van der Waals surface area contributed by atoms with Crippen LogP contribution in [0.2, 0.25) is 0 Å². The van der Waals surface area contributed by atoms with E-state index in [1.54, 1.807) is 36.3 Å². The maximum absolute atomic E-state index is 12.8. The van der Waals surface area contributed by atoms with Gasteiger partial charge >= 0.3 is 5.63 Å². The van der Waals surface area contributed by atoms with Gasteiger partial charge in [-0.05, 0) is 31.4 Å². The maximum Gasteiger partial charge on any atom is 0.344 e. The van der Waals surface area contributed by atoms with Gasteiger partial charge in [0.25, 0.3) is 5.91 Å². The number of benzene rings is 1. The van der Waals surface area contributed by atoms with Crippen molar-refractivity contribution in [1.29, 1.82) is 0 Å². The van der Waals surface area contributed by atoms with Gasteiger partial charge in [0, 0.05) is 20.2 Å². The Labute approximate surface area is 140 Å². The van der Waals surface area contributed by atoms with Gasteiger partial charge in [-0.15, -0.1) is 0 Å². The Morgan fingerprint density at radius 2 is 2.12 bits per heavy atom. The van der Waals surface area contributed by atoms with Crippen molar-refractivity contribution in [3.63, 3.8) is 0 Å². The van der Waals surface area contributed by atoms with Gasteiger partial charge in [0.2, 0.25) is 0 Å². The number of fused-ring (bicyclic) bond motifs is 1. The lowest BCUT2D eigenvalue weighted by molar-refractivity contribution is -0.143. The van der Waals surface area contributed by atoms with Gasteiger partial charge < -0.3 is 18.8 Å². The monoisotopic (exact) mass is 331 g/mol. The molecule has 1 aliphatic rings. The van der Waals surface area contributed by atoms with Crippen molar-refractivity contribution in [1.82, 2.24) is 4.90 Å². The zero-order valence-electron chi connectivity index (χ0n) is 14.1. The lowest BCUT2D eigenvalue weighted by Crippen LogP contribution is -2.55. The van der Waals surface area contributed by atoms with Gasteiger partial charge in [-0.2, -0.15) is 0 Å². The molecule has 1 fully saturated rings. The van der Waals surface area contributed by atoms with Crippen molar-refractivity contribution < 1.29 is 18.7 Å². The van der Waals surface area contributed by atoms with Gasteiger partial charge in [0.05, 0.1) is 23.7 Å². The normalized spacial score (nSPS) is 20.3. The van der Waals surface area contributed by atoms with Gasteiger partial charge in [-0.3, -0.25) is 4.79 Å². The lowest BCUT2D eigenvalue weighted by atomic mass is 10.0. The number of methoxy groups -OCH3 is 1. The number of amides is 1. The van der Waals surface area contributed by atoms with Crippen LogP contribution in [0.3, 0.4) is 0 Å². The molecule has 0 spiro atoms. The largest absolute Gasteiger partial charge is 0.417 e. The van der Waals surface area contributed by atoms with Crippen LogP contribution in [0, 0.1) is 0 Å². The molecule has 0 radical (unpaired) electrons. The summed E-state index contributed by atoms with van der Waals surface area (Å²) >= 11 is 0. The van der Waals surface area contributed by atoms with E-state index in [-0.39, 0.29) is 17.8 Å². The first-order chi connectivity index (χ1) is 11.4. The SMILES string of the molecule is COC[C@H]1CN(C(=O)c2cc3ccccc3c(=O)o2)CC(C)(C)O1. The first-order valence-electron chi connectivity index (χ1n) is 7.88. The molecule has 1 amide bonds. The second kappa shape index (κ2) is 6.37. The lowest BCUT2D eigenvalue weighted by Gasteiger charge is -2.42. The average Bonchev–Trinajstić information content (AvgIpc) is 2.53. The molecule has 1 saturated heterocycles. The number of hydrogen-bond donors (Lipinski definition) is 0. The topological polar surface area (TPSA) is 69.0 Å². The number of hydrogen-bond acceptors (Lipinski definition) is 5. The van der Waals surface area contributed by atoms with E-state index in [1.807, 2.05) is 19.9 Å². The second-order valence-corrected chi connectivity index (χ2v) is 6.63. The van der Waals surface area contributed by atoms with Crippen LogP contribution < -0.4 is 5.63 Å². The fourth-order valence-corrected chi connectivity index (χ4v) is 3.12. The predicted octanol–water partition coefficient (Wildman–Crippen LogP) is 2.06. The van der Waals surface area contributed by atoms with E-state index < -0.39 is 11.2 Å². The molecule has 2 heterocycles. The van der Waals surface area contributed by atoms with Crippen LogP contribution in [-0.2, 0) is 9.47 Å². The van der Waals surface area contributed by atoms with Gasteiger partial charge in [0.15, 0.2) is 5.76 Å². The summed E-state index contributed by atoms with van der Waals surface area (Å²) in [6.45, 7) is 5.06. The van der Waals surface area contributed by atoms with Crippen molar-refractivity contribution in [2.24, 2.45) is 0 Å². The molecule has 6 nitrogen and oxygen atoms in total. The van der Waals surface area contributed by atoms with E-state index in [4.69, 9.17) is 13.9 Å². The minimum absolute atomic E-state index is 0.0487. The third kappa shape index (κ3) is 3.34. The summed E-state index contributed by atoms with van der Waals surface area (Å²) in [5.41, 5.74) is -0.994. The maximum atomic E-state index is 12.8. The van der Waals surface area contributed by atoms with E-state index in [9.17, 15) is 9.59 Å². The minimum atomic E-state index is -0.502. The van der Waals surface area contributed by atoms with E-state index in [0.717, 1.165) is 0 Å². The number of nitrogens with zero attached hydrogens (tertiary/aromatic N) is 1. The highest BCUT2D eigenvalue weighted by molar-refractivity contribution is 5.95. The van der Waals surface area contributed by atoms with Crippen LogP contribution in [0.15, 0.2) is 39.5 Å². The molecule has 0 aliphatic carbocycles. The van der Waals surface area contributed by atoms with Crippen LogP contribution in [0.5, 0.6) is 0 Å². The van der Waals surface area contributed by atoms with Crippen molar-refractivity contribution in [2.45, 2.75) is 25.6 Å². The standard InChI is InChI=1S/C18H21NO5/c1-18(2)11-19(9-13(24-18)10-22-3)16(20)15-8-12-6-4-5-7-14(12)17(21)23-15/h4-8,13H,9-11H2,1-3H3/t13-/m1/s1. The molecular weight excluding hydrogens is 310 g/mol. The van der Waals surface area contributed by atoms with Gasteiger partial charge in [0.1, 0.15) is 0 Å². The minimum Gasteiger partial charge on any atom is -0.417 e. The number of ether oxygens (including phenoxy) is 2. The molecule has 1 aliphatic heterocycles. The Morgan fingerprint density at radius 1 is 1.38 bits per heavy atom. The second-order valence-electron chi connectivity index (χ2n) is 6.63. The van der Waals surface area contributed by atoms with Crippen LogP contribution in [0.4, 0.5) is 0 Å². The molecular formula is C18H21NO5. The van der Waals surface area contributed by atoms with Crippen LogP contribution in [0.1, 0.15) is 24.4 Å². The highest BCUT2D eigenvalue weighted by Crippen LogP contribution is 2.23. The first kappa shape index (κ1) is 16.7. The third-order valence-corrected chi connectivity index (χ3v) is 4.00. The summed E-state index contributed by atoms with van der Waals surface area (Å²) in [5, 5.41) is 1.16. The first-order valence-corrected chi connectivity index (χ1v) is 7.88. The summed E-state index contributed by atoms with van der Waals surface area (Å²) < 4.78 is 16.3. The van der Waals surface area contributed by atoms with Crippen LogP contribution in [0.25, 0.3) is 10.8 Å². The molecule has 0 unspecified atom stereocenters. The Kier molecular flexibility index (Phi) is 4.43. The fraction of sp³-hybridized carbons (Fsp3) is 0.444. The number of carbonyl (C=O) groups excluding carboxylic acids is 1. The quantitative estimate of drug-likeness (QED) is 0.861. The number of morpholine rings is 1. The number of rotatable bonds is 3. The summed E-state index contributed by atoms with van der Waals surface area (Å²) in [5.74, 6) is -0.261. The fourth-order valence-electron chi connectivity index (χ4n) is 3.12. The van der Waals surface area contributed by atoms with Crippen molar-refractivity contribution >= 4 is 16.7 Å². The summed E-state index contributed by atoms with van der Waals surface area (Å²) in [6.07, 6.45) is -0.213. The average molecular weight is 331 g/mol. The molecule has 0 N–H and O–H groups in total. The predicted molar refractivity (Wildman–Crippen MR) is 89.2 cm³/mol. The molecule has 3 rings (SSSR count). The van der Waals surface area contributed by atoms with Crippen molar-refractivity contribution in [3.05, 3.63) is 46.5 Å². The Morgan fingerprint density at radius 3 is 2.88 bits per heavy atom. The molecule has 2 aromatic rings. The van der Waals surface area contributed by atoms with E-state index >= 15 is 0 Å². The molecule has 24 heavy (non-hydrogen) atoms. The van der Waals surface area contributed by atoms with Crippen LogP contribution in [-0.4, -0.2) is 49.3 Å². The summed E-state index contributed by atoms with van der Waals surface area (Å²) in [7, 11) is 1.60. The van der Waals surface area contributed by atoms with E-state index in [1.165, 1.54) is 0 Å². The molecule has 128 valence electrons. The Hall–Kier alpha value is -2.18. The summed E-state index contributed by atoms with van der Waals surface area (Å²) in [6, 6.07) is 8.68. The molecule has 0 bridgehead atoms. The van der Waals surface area contributed by atoms with Crippen molar-refractivity contribution in [2.75, 3.05) is 26.8 Å². The van der Waals surface area contributed by atoms with Gasteiger partial charge in [-0.25, -0.2) is 4.79 Å². The Balaban J connectivity index is 1.92. The highest BCUT2D eigenvalue weighted by atomic mass is 16.5. The zero-order valence-corrected chi connectivity index (χ0v) is 14.1. The van der Waals surface area contributed by atoms with Crippen LogP contribution >= 0.6 is 0 Å². The molecule has 0 saturated carbocycles. The molecule has 1 aromatic carbocycles. The smallest absolute Gasteiger partial charge is 0.344 e. The number of carbonyl (C=O) groups is 1. The van der Waals surface area contributed by atoms with Gasteiger partial charge in [-0.1, -0.05) is 18.2 Å². The zero-order chi connectivity index (χ0) is 17.3. The molecule has 1 atom stereocenters. The van der Waals surface area contributed by atoms with E-state index in [2.05, 4.69) is 0 Å². The molecule has 6 heteroatoms. The van der Waals surface area contributed by atoms with E-state index in [0.29, 0.717) is 30.5 Å².